The summed E-state index contributed by atoms with van der Waals surface area (Å²) < 4.78 is 25.2. The third kappa shape index (κ3) is 3.39. The summed E-state index contributed by atoms with van der Waals surface area (Å²) in [6.45, 7) is 3.18. The predicted molar refractivity (Wildman–Crippen MR) is 72.5 cm³/mol. The molecular formula is C14H20FNOS. The van der Waals surface area contributed by atoms with Crippen molar-refractivity contribution in [2.45, 2.75) is 48.8 Å². The van der Waals surface area contributed by atoms with Crippen LogP contribution >= 0.6 is 0 Å². The average Bonchev–Trinajstić information content (AvgIpc) is 2.85. The van der Waals surface area contributed by atoms with E-state index >= 15 is 0 Å². The van der Waals surface area contributed by atoms with Gasteiger partial charge in [-0.15, -0.1) is 0 Å². The van der Waals surface area contributed by atoms with Gasteiger partial charge in [-0.2, -0.15) is 0 Å². The van der Waals surface area contributed by atoms with E-state index in [1.165, 1.54) is 12.1 Å². The summed E-state index contributed by atoms with van der Waals surface area (Å²) in [6.07, 6.45) is 4.18. The monoisotopic (exact) mass is 269 g/mol. The van der Waals surface area contributed by atoms with Crippen molar-refractivity contribution < 1.29 is 8.60 Å². The van der Waals surface area contributed by atoms with Crippen molar-refractivity contribution in [3.63, 3.8) is 0 Å². The quantitative estimate of drug-likeness (QED) is 0.890. The second-order valence-corrected chi connectivity index (χ2v) is 6.57. The van der Waals surface area contributed by atoms with E-state index in [0.29, 0.717) is 6.04 Å². The summed E-state index contributed by atoms with van der Waals surface area (Å²) in [5.74, 6) is -0.273. The molecule has 1 aromatic rings. The fraction of sp³-hybridized carbons (Fsp3) is 0.571. The summed E-state index contributed by atoms with van der Waals surface area (Å²) in [5.41, 5.74) is 0. The molecule has 2 rings (SSSR count). The maximum atomic E-state index is 12.8. The second-order valence-electron chi connectivity index (χ2n) is 4.84. The molecule has 0 amide bonds. The van der Waals surface area contributed by atoms with Gasteiger partial charge in [0.15, 0.2) is 0 Å². The zero-order valence-electron chi connectivity index (χ0n) is 10.7. The van der Waals surface area contributed by atoms with Crippen LogP contribution in [0.1, 0.15) is 32.6 Å². The third-order valence-electron chi connectivity index (χ3n) is 3.42. The van der Waals surface area contributed by atoms with Gasteiger partial charge < -0.3 is 5.32 Å². The minimum absolute atomic E-state index is 0.213. The highest BCUT2D eigenvalue weighted by molar-refractivity contribution is 7.85. The van der Waals surface area contributed by atoms with Gasteiger partial charge in [0.25, 0.3) is 0 Å². The Morgan fingerprint density at radius 2 is 2.06 bits per heavy atom. The van der Waals surface area contributed by atoms with Crippen LogP contribution in [0.25, 0.3) is 0 Å². The van der Waals surface area contributed by atoms with Crippen LogP contribution in [0.4, 0.5) is 4.39 Å². The molecule has 1 aromatic carbocycles. The lowest BCUT2D eigenvalue weighted by atomic mass is 10.2. The van der Waals surface area contributed by atoms with Gasteiger partial charge in [-0.3, -0.25) is 4.21 Å². The highest BCUT2D eigenvalue weighted by atomic mass is 32.2. The topological polar surface area (TPSA) is 29.1 Å². The number of benzene rings is 1. The Kier molecular flexibility index (Phi) is 4.89. The standard InChI is InChI=1S/C14H20FNOS/c1-2-9-16-12-5-8-14(10-12)18(17)13-6-3-11(15)4-7-13/h3-4,6-7,12,14,16H,2,5,8-10H2,1H3. The molecule has 0 spiro atoms. The Hall–Kier alpha value is -0.740. The molecule has 4 heteroatoms. The Morgan fingerprint density at radius 1 is 1.33 bits per heavy atom. The highest BCUT2D eigenvalue weighted by Gasteiger charge is 2.29. The van der Waals surface area contributed by atoms with E-state index in [0.717, 1.165) is 37.1 Å². The van der Waals surface area contributed by atoms with Crippen molar-refractivity contribution in [2.24, 2.45) is 0 Å². The number of rotatable bonds is 5. The molecule has 2 nitrogen and oxygen atoms in total. The van der Waals surface area contributed by atoms with E-state index in [1.807, 2.05) is 0 Å². The Morgan fingerprint density at radius 3 is 2.72 bits per heavy atom. The first kappa shape index (κ1) is 13.7. The van der Waals surface area contributed by atoms with Crippen molar-refractivity contribution in [1.82, 2.24) is 5.32 Å². The maximum absolute atomic E-state index is 12.8. The number of hydrogen-bond acceptors (Lipinski definition) is 2. The van der Waals surface area contributed by atoms with E-state index in [9.17, 15) is 8.60 Å². The van der Waals surface area contributed by atoms with E-state index in [2.05, 4.69) is 12.2 Å². The van der Waals surface area contributed by atoms with Crippen LogP contribution < -0.4 is 5.32 Å². The number of halogens is 1. The lowest BCUT2D eigenvalue weighted by Crippen LogP contribution is -2.28. The molecule has 0 aromatic heterocycles. The Bertz CT molecular complexity index is 407. The maximum Gasteiger partial charge on any atom is 0.123 e. The van der Waals surface area contributed by atoms with Crippen LogP contribution in [-0.4, -0.2) is 22.0 Å². The van der Waals surface area contributed by atoms with Gasteiger partial charge >= 0.3 is 0 Å². The third-order valence-corrected chi connectivity index (χ3v) is 5.19. The first-order valence-electron chi connectivity index (χ1n) is 6.60. The minimum Gasteiger partial charge on any atom is -0.314 e. The summed E-state index contributed by atoms with van der Waals surface area (Å²) in [4.78, 5) is 0.748. The summed E-state index contributed by atoms with van der Waals surface area (Å²) in [6, 6.07) is 6.54. The second kappa shape index (κ2) is 6.43. The molecule has 18 heavy (non-hydrogen) atoms. The van der Waals surface area contributed by atoms with Crippen molar-refractivity contribution in [2.75, 3.05) is 6.54 Å². The fourth-order valence-corrected chi connectivity index (χ4v) is 3.98. The molecule has 0 heterocycles. The molecule has 1 fully saturated rings. The minimum atomic E-state index is -1.000. The van der Waals surface area contributed by atoms with E-state index in [-0.39, 0.29) is 11.1 Å². The molecule has 1 aliphatic carbocycles. The van der Waals surface area contributed by atoms with Crippen molar-refractivity contribution in [3.05, 3.63) is 30.1 Å². The largest absolute Gasteiger partial charge is 0.314 e. The number of hydrogen-bond donors (Lipinski definition) is 1. The highest BCUT2D eigenvalue weighted by Crippen LogP contribution is 2.27. The van der Waals surface area contributed by atoms with Gasteiger partial charge in [0.1, 0.15) is 5.82 Å². The van der Waals surface area contributed by atoms with Gasteiger partial charge in [-0.25, -0.2) is 4.39 Å². The first-order chi connectivity index (χ1) is 8.70. The van der Waals surface area contributed by atoms with Crippen LogP contribution in [0.3, 0.4) is 0 Å². The van der Waals surface area contributed by atoms with Crippen LogP contribution in [0.15, 0.2) is 29.2 Å². The summed E-state index contributed by atoms with van der Waals surface area (Å²) in [5, 5.41) is 3.70. The summed E-state index contributed by atoms with van der Waals surface area (Å²) >= 11 is 0. The van der Waals surface area contributed by atoms with Crippen molar-refractivity contribution in [1.29, 1.82) is 0 Å². The SMILES string of the molecule is CCCNC1CCC(S(=O)c2ccc(F)cc2)C1. The van der Waals surface area contributed by atoms with Gasteiger partial charge in [0, 0.05) is 16.2 Å². The molecule has 3 atom stereocenters. The summed E-state index contributed by atoms with van der Waals surface area (Å²) in [7, 11) is -1.000. The van der Waals surface area contributed by atoms with Crippen LogP contribution in [0.5, 0.6) is 0 Å². The predicted octanol–water partition coefficient (Wildman–Crippen LogP) is 2.85. The van der Waals surface area contributed by atoms with Crippen molar-refractivity contribution >= 4 is 10.8 Å². The van der Waals surface area contributed by atoms with Gasteiger partial charge in [0.05, 0.1) is 10.8 Å². The van der Waals surface area contributed by atoms with Gasteiger partial charge in [0.2, 0.25) is 0 Å². The number of nitrogens with one attached hydrogen (secondary N) is 1. The molecule has 0 saturated heterocycles. The molecular weight excluding hydrogens is 249 g/mol. The van der Waals surface area contributed by atoms with Crippen LogP contribution in [0.2, 0.25) is 0 Å². The van der Waals surface area contributed by atoms with Crippen LogP contribution in [0, 0.1) is 5.82 Å². The normalized spacial score (nSPS) is 25.2. The molecule has 3 unspecified atom stereocenters. The fourth-order valence-electron chi connectivity index (χ4n) is 2.43. The Balaban J connectivity index is 1.93. The van der Waals surface area contributed by atoms with E-state index in [4.69, 9.17) is 0 Å². The van der Waals surface area contributed by atoms with E-state index in [1.54, 1.807) is 12.1 Å². The zero-order valence-corrected chi connectivity index (χ0v) is 11.5. The Labute approximate surface area is 110 Å². The molecule has 100 valence electrons. The molecule has 0 radical (unpaired) electrons. The molecule has 1 saturated carbocycles. The first-order valence-corrected chi connectivity index (χ1v) is 7.81. The van der Waals surface area contributed by atoms with E-state index < -0.39 is 10.8 Å². The smallest absolute Gasteiger partial charge is 0.123 e. The van der Waals surface area contributed by atoms with Gasteiger partial charge in [-0.05, 0) is 56.5 Å². The zero-order chi connectivity index (χ0) is 13.0. The molecule has 1 aliphatic rings. The van der Waals surface area contributed by atoms with Gasteiger partial charge in [-0.1, -0.05) is 6.92 Å². The van der Waals surface area contributed by atoms with Crippen LogP contribution in [-0.2, 0) is 10.8 Å². The molecule has 1 N–H and O–H groups in total. The van der Waals surface area contributed by atoms with Crippen molar-refractivity contribution in [3.8, 4) is 0 Å². The lowest BCUT2D eigenvalue weighted by Gasteiger charge is -2.12. The molecule has 0 bridgehead atoms. The lowest BCUT2D eigenvalue weighted by molar-refractivity contribution is 0.523. The molecule has 0 aliphatic heterocycles. The average molecular weight is 269 g/mol.